The van der Waals surface area contributed by atoms with E-state index in [-0.39, 0.29) is 63.2 Å². The molecule has 0 radical (unpaired) electrons. The van der Waals surface area contributed by atoms with Gasteiger partial charge >= 0.3 is 5.97 Å². The van der Waals surface area contributed by atoms with Crippen molar-refractivity contribution in [2.24, 2.45) is 23.3 Å². The van der Waals surface area contributed by atoms with Gasteiger partial charge in [0.25, 0.3) is 0 Å². The molecule has 0 aromatic carbocycles. The molecule has 0 aliphatic carbocycles. The number of likely N-dealkylation sites (tertiary alicyclic amines) is 2. The molecule has 19 nitrogen and oxygen atoms in total. The summed E-state index contributed by atoms with van der Waals surface area (Å²) in [7, 11) is 0. The molecule has 19 heteroatoms. The lowest BCUT2D eigenvalue weighted by atomic mass is 9.92. The number of hydrogen-bond acceptors (Lipinski definition) is 9. The lowest BCUT2D eigenvalue weighted by Crippen LogP contribution is -2.61. The molecule has 2 fully saturated rings. The monoisotopic (exact) mass is 722 g/mol. The summed E-state index contributed by atoms with van der Waals surface area (Å²) >= 11 is 0. The van der Waals surface area contributed by atoms with Crippen molar-refractivity contribution in [3.05, 3.63) is 0 Å². The quantitative estimate of drug-likeness (QED) is 0.0380. The summed E-state index contributed by atoms with van der Waals surface area (Å²) in [4.78, 5) is 106. The van der Waals surface area contributed by atoms with Crippen molar-refractivity contribution in [3.63, 3.8) is 0 Å². The largest absolute Gasteiger partial charge is 0.481 e. The average molecular weight is 723 g/mol. The summed E-state index contributed by atoms with van der Waals surface area (Å²) in [5.41, 5.74) is 9.43. The molecule has 286 valence electrons. The van der Waals surface area contributed by atoms with Gasteiger partial charge in [0.05, 0.1) is 13.0 Å². The van der Waals surface area contributed by atoms with Gasteiger partial charge in [-0.1, -0.05) is 27.7 Å². The summed E-state index contributed by atoms with van der Waals surface area (Å²) in [6.45, 7) is 8.65. The molecular formula is C32H54N10O9. The Hall–Kier alpha value is -4.97. The second-order valence-corrected chi connectivity index (χ2v) is 13.9. The lowest BCUT2D eigenvalue weighted by Gasteiger charge is -2.37. The summed E-state index contributed by atoms with van der Waals surface area (Å²) in [6, 6.07) is -5.11. The SMILES string of the molecule is CC(=O)N[C@H](CCCNC(=N)N)C(=O)N[C@H](CC(=O)O)C(=O)N[C@@H](C(=O)N[C@H](CC(C)C)C(=O)N1CCC[C@@]12CCN(CC(N)=O)C2=O)C(C)C. The highest BCUT2D eigenvalue weighted by molar-refractivity contribution is 5.99. The zero-order chi connectivity index (χ0) is 38.6. The third-order valence-electron chi connectivity index (χ3n) is 8.84. The maximum Gasteiger partial charge on any atom is 0.305 e. The molecule has 7 amide bonds. The Morgan fingerprint density at radius 1 is 0.882 bits per heavy atom. The minimum Gasteiger partial charge on any atom is -0.481 e. The van der Waals surface area contributed by atoms with Crippen LogP contribution >= 0.6 is 0 Å². The van der Waals surface area contributed by atoms with Gasteiger partial charge in [0, 0.05) is 26.6 Å². The van der Waals surface area contributed by atoms with Crippen molar-refractivity contribution in [1.29, 1.82) is 5.41 Å². The Balaban J connectivity index is 2.25. The molecule has 2 rings (SSSR count). The number of amides is 7. The van der Waals surface area contributed by atoms with E-state index in [0.29, 0.717) is 19.3 Å². The van der Waals surface area contributed by atoms with Gasteiger partial charge in [-0.3, -0.25) is 43.8 Å². The molecule has 2 aliphatic heterocycles. The third kappa shape index (κ3) is 12.1. The van der Waals surface area contributed by atoms with Gasteiger partial charge in [-0.05, 0) is 50.4 Å². The molecule has 0 saturated carbocycles. The Labute approximate surface area is 297 Å². The number of hydrogen-bond donors (Lipinski definition) is 9. The Morgan fingerprint density at radius 2 is 1.51 bits per heavy atom. The van der Waals surface area contributed by atoms with Crippen molar-refractivity contribution in [3.8, 4) is 0 Å². The fourth-order valence-corrected chi connectivity index (χ4v) is 6.47. The van der Waals surface area contributed by atoms with Gasteiger partial charge in [0.15, 0.2) is 5.96 Å². The van der Waals surface area contributed by atoms with Crippen LogP contribution in [0, 0.1) is 17.2 Å². The number of nitrogens with two attached hydrogens (primary N) is 2. The molecule has 2 heterocycles. The van der Waals surface area contributed by atoms with Crippen LogP contribution in [0.2, 0.25) is 0 Å². The molecule has 5 atom stereocenters. The van der Waals surface area contributed by atoms with Gasteiger partial charge < -0.3 is 53.0 Å². The van der Waals surface area contributed by atoms with E-state index in [4.69, 9.17) is 16.9 Å². The Morgan fingerprint density at radius 3 is 2.06 bits per heavy atom. The number of carbonyl (C=O) groups is 8. The first-order valence-electron chi connectivity index (χ1n) is 17.2. The normalized spacial score (nSPS) is 19.3. The maximum atomic E-state index is 14.1. The number of nitrogens with one attached hydrogen (secondary N) is 6. The summed E-state index contributed by atoms with van der Waals surface area (Å²) in [6.07, 6.45) is 0.986. The number of aliphatic carboxylic acids is 1. The van der Waals surface area contributed by atoms with E-state index in [2.05, 4.69) is 26.6 Å². The van der Waals surface area contributed by atoms with Crippen molar-refractivity contribution in [1.82, 2.24) is 36.4 Å². The zero-order valence-corrected chi connectivity index (χ0v) is 30.0. The van der Waals surface area contributed by atoms with Gasteiger partial charge in [0.1, 0.15) is 29.7 Å². The average Bonchev–Trinajstić information content (AvgIpc) is 3.58. The van der Waals surface area contributed by atoms with E-state index < -0.39 is 83.5 Å². The molecule has 2 saturated heterocycles. The third-order valence-corrected chi connectivity index (χ3v) is 8.84. The van der Waals surface area contributed by atoms with Crippen LogP contribution in [0.1, 0.15) is 79.6 Å². The van der Waals surface area contributed by atoms with Crippen LogP contribution in [0.5, 0.6) is 0 Å². The Kier molecular flexibility index (Phi) is 15.6. The van der Waals surface area contributed by atoms with Crippen molar-refractivity contribution in [2.45, 2.75) is 109 Å². The van der Waals surface area contributed by atoms with Crippen LogP contribution in [-0.4, -0.2) is 124 Å². The predicted molar refractivity (Wildman–Crippen MR) is 183 cm³/mol. The standard InChI is InChI=1S/C32H54N10O9/c1-17(2)14-22(29(50)42-12-7-9-32(42)10-13-41(30(32)51)16-23(33)44)39-28(49)25(18(3)4)40-27(48)21(15-24(45)46)38-26(47)20(37-19(5)43)8-6-11-36-31(34)35/h17-18,20-22,25H,6-16H2,1-5H3,(H2,33,44)(H,37,43)(H,38,47)(H,39,49)(H,40,48)(H,45,46)(H4,34,35,36)/t20-,21-,22-,25-,32+/m1/s1. The van der Waals surface area contributed by atoms with Crippen LogP contribution in [0.15, 0.2) is 0 Å². The smallest absolute Gasteiger partial charge is 0.305 e. The number of carboxylic acids is 1. The highest BCUT2D eigenvalue weighted by atomic mass is 16.4. The number of guanidine groups is 1. The number of nitrogens with zero attached hydrogens (tertiary/aromatic N) is 2. The summed E-state index contributed by atoms with van der Waals surface area (Å²) in [5.74, 6) is -6.92. The van der Waals surface area contributed by atoms with Crippen LogP contribution in [0.25, 0.3) is 0 Å². The highest BCUT2D eigenvalue weighted by Gasteiger charge is 2.56. The second kappa shape index (κ2) is 18.9. The highest BCUT2D eigenvalue weighted by Crippen LogP contribution is 2.39. The molecular weight excluding hydrogens is 668 g/mol. The van der Waals surface area contributed by atoms with Crippen molar-refractivity contribution >= 4 is 53.3 Å². The molecule has 11 N–H and O–H groups in total. The van der Waals surface area contributed by atoms with Crippen molar-refractivity contribution < 1.29 is 43.5 Å². The van der Waals surface area contributed by atoms with Crippen LogP contribution in [0.3, 0.4) is 0 Å². The molecule has 0 bridgehead atoms. The zero-order valence-electron chi connectivity index (χ0n) is 30.0. The van der Waals surface area contributed by atoms with Gasteiger partial charge in [0.2, 0.25) is 41.4 Å². The fourth-order valence-electron chi connectivity index (χ4n) is 6.47. The van der Waals surface area contributed by atoms with E-state index in [0.717, 1.165) is 0 Å². The molecule has 0 aromatic rings. The van der Waals surface area contributed by atoms with E-state index >= 15 is 0 Å². The summed E-state index contributed by atoms with van der Waals surface area (Å²) < 4.78 is 0. The van der Waals surface area contributed by atoms with Gasteiger partial charge in [-0.2, -0.15) is 0 Å². The van der Waals surface area contributed by atoms with Crippen LogP contribution in [0.4, 0.5) is 0 Å². The van der Waals surface area contributed by atoms with E-state index in [1.54, 1.807) is 13.8 Å². The number of primary amides is 1. The Bertz CT molecular complexity index is 1360. The van der Waals surface area contributed by atoms with Crippen LogP contribution in [-0.2, 0) is 38.4 Å². The second-order valence-electron chi connectivity index (χ2n) is 13.9. The molecule has 51 heavy (non-hydrogen) atoms. The summed E-state index contributed by atoms with van der Waals surface area (Å²) in [5, 5.41) is 29.4. The minimum absolute atomic E-state index is 0.0690. The lowest BCUT2D eigenvalue weighted by molar-refractivity contribution is -0.149. The maximum absolute atomic E-state index is 14.1. The van der Waals surface area contributed by atoms with E-state index in [9.17, 15) is 43.5 Å². The number of carboxylic acid groups (broad SMARTS) is 1. The predicted octanol–water partition coefficient (Wildman–Crippen LogP) is -2.54. The fraction of sp³-hybridized carbons (Fsp3) is 0.719. The van der Waals surface area contributed by atoms with Gasteiger partial charge in [-0.25, -0.2) is 0 Å². The minimum atomic E-state index is -1.63. The first-order chi connectivity index (χ1) is 23.8. The van der Waals surface area contributed by atoms with E-state index in [1.165, 1.54) is 16.7 Å². The molecule has 0 aromatic heterocycles. The van der Waals surface area contributed by atoms with E-state index in [1.807, 2.05) is 13.8 Å². The number of rotatable bonds is 19. The van der Waals surface area contributed by atoms with Crippen LogP contribution < -0.4 is 38.1 Å². The number of carbonyl (C=O) groups excluding carboxylic acids is 7. The van der Waals surface area contributed by atoms with Gasteiger partial charge in [-0.15, -0.1) is 0 Å². The topological polar surface area (TPSA) is 299 Å². The van der Waals surface area contributed by atoms with Crippen molar-refractivity contribution in [2.75, 3.05) is 26.2 Å². The first-order valence-corrected chi connectivity index (χ1v) is 17.2. The molecule has 1 spiro atoms. The molecule has 0 unspecified atom stereocenters. The molecule has 2 aliphatic rings. The first kappa shape index (κ1) is 42.2.